The van der Waals surface area contributed by atoms with Crippen LogP contribution in [0.3, 0.4) is 0 Å². The van der Waals surface area contributed by atoms with E-state index in [9.17, 15) is 9.59 Å². The Bertz CT molecular complexity index is 923. The molecule has 1 aliphatic carbocycles. The molecule has 2 amide bonds. The molecule has 2 saturated heterocycles. The molecule has 9 nitrogen and oxygen atoms in total. The molecule has 29 heavy (non-hydrogen) atoms. The van der Waals surface area contributed by atoms with E-state index in [1.54, 1.807) is 18.1 Å². The third-order valence-corrected chi connectivity index (χ3v) is 6.54. The fourth-order valence-electron chi connectivity index (χ4n) is 4.59. The van der Waals surface area contributed by atoms with Crippen molar-refractivity contribution in [3.63, 3.8) is 0 Å². The second-order valence-electron chi connectivity index (χ2n) is 8.42. The van der Waals surface area contributed by atoms with Crippen molar-refractivity contribution in [2.75, 3.05) is 38.1 Å². The van der Waals surface area contributed by atoms with Gasteiger partial charge in [-0.25, -0.2) is 4.98 Å². The third-order valence-electron chi connectivity index (χ3n) is 6.54. The normalized spacial score (nSPS) is 25.2. The number of nitrogens with zero attached hydrogens (tertiary/aromatic N) is 6. The molecule has 2 aromatic heterocycles. The molecule has 1 saturated carbocycles. The lowest BCUT2D eigenvalue weighted by molar-refractivity contribution is -0.137. The van der Waals surface area contributed by atoms with Gasteiger partial charge in [-0.15, -0.1) is 0 Å². The maximum atomic E-state index is 13.3. The van der Waals surface area contributed by atoms with Gasteiger partial charge in [0.05, 0.1) is 5.92 Å². The van der Waals surface area contributed by atoms with Gasteiger partial charge in [-0.1, -0.05) is 0 Å². The molecule has 5 rings (SSSR count). The Morgan fingerprint density at radius 1 is 1.17 bits per heavy atom. The van der Waals surface area contributed by atoms with Gasteiger partial charge in [-0.05, 0) is 12.8 Å². The Balaban J connectivity index is 1.27. The van der Waals surface area contributed by atoms with Crippen molar-refractivity contribution in [3.8, 4) is 0 Å². The summed E-state index contributed by atoms with van der Waals surface area (Å²) in [7, 11) is 3.67. The summed E-state index contributed by atoms with van der Waals surface area (Å²) >= 11 is 0. The predicted octanol–water partition coefficient (Wildman–Crippen LogP) is 0.889. The number of carbonyl (C=O) groups excluding carboxylic acids is 2. The molecule has 0 unspecified atom stereocenters. The van der Waals surface area contributed by atoms with E-state index in [4.69, 9.17) is 0 Å². The summed E-state index contributed by atoms with van der Waals surface area (Å²) in [6.45, 7) is 2.80. The van der Waals surface area contributed by atoms with E-state index in [0.717, 1.165) is 24.7 Å². The van der Waals surface area contributed by atoms with Crippen molar-refractivity contribution >= 4 is 17.6 Å². The lowest BCUT2D eigenvalue weighted by Crippen LogP contribution is -2.51. The monoisotopic (exact) mass is 397 g/mol. The molecule has 0 radical (unpaired) electrons. The Morgan fingerprint density at radius 3 is 2.59 bits per heavy atom. The molecule has 3 fully saturated rings. The Morgan fingerprint density at radius 2 is 1.93 bits per heavy atom. The molecular formula is C20H27N7O2. The molecule has 2 atom stereocenters. The highest BCUT2D eigenvalue weighted by molar-refractivity contribution is 5.90. The SMILES string of the molecule is CN1C(=O)C[C@H](C(=O)N2CCN(c3cc(C4CC4)[nH]n3)CC2)[C@H]1c1nccn1C. The number of likely N-dealkylation sites (tertiary alicyclic amines) is 1. The van der Waals surface area contributed by atoms with Gasteiger partial charge in [0.25, 0.3) is 0 Å². The van der Waals surface area contributed by atoms with Crippen molar-refractivity contribution < 1.29 is 9.59 Å². The molecule has 0 spiro atoms. The maximum Gasteiger partial charge on any atom is 0.228 e. The number of amides is 2. The van der Waals surface area contributed by atoms with Crippen LogP contribution in [-0.2, 0) is 16.6 Å². The highest BCUT2D eigenvalue weighted by Crippen LogP contribution is 2.40. The molecule has 2 aromatic rings. The fraction of sp³-hybridized carbons (Fsp3) is 0.600. The van der Waals surface area contributed by atoms with Gasteiger partial charge in [0.1, 0.15) is 11.9 Å². The zero-order valence-electron chi connectivity index (χ0n) is 16.9. The van der Waals surface area contributed by atoms with Crippen LogP contribution in [0.2, 0.25) is 0 Å². The van der Waals surface area contributed by atoms with Gasteiger partial charge in [0, 0.05) is 76.8 Å². The van der Waals surface area contributed by atoms with Crippen LogP contribution in [0.4, 0.5) is 5.82 Å². The van der Waals surface area contributed by atoms with E-state index in [-0.39, 0.29) is 30.2 Å². The summed E-state index contributed by atoms with van der Waals surface area (Å²) < 4.78 is 1.90. The number of rotatable bonds is 4. The largest absolute Gasteiger partial charge is 0.352 e. The molecule has 1 N–H and O–H groups in total. The molecule has 154 valence electrons. The summed E-state index contributed by atoms with van der Waals surface area (Å²) in [4.78, 5) is 35.9. The van der Waals surface area contributed by atoms with Gasteiger partial charge in [0.2, 0.25) is 11.8 Å². The first-order chi connectivity index (χ1) is 14.0. The molecule has 2 aliphatic heterocycles. The van der Waals surface area contributed by atoms with E-state index in [0.29, 0.717) is 19.0 Å². The number of H-pyrrole nitrogens is 1. The van der Waals surface area contributed by atoms with Crippen molar-refractivity contribution in [1.29, 1.82) is 0 Å². The average Bonchev–Trinajstić information content (AvgIpc) is 3.18. The van der Waals surface area contributed by atoms with Gasteiger partial charge in [0.15, 0.2) is 5.82 Å². The van der Waals surface area contributed by atoms with E-state index in [1.807, 2.05) is 22.7 Å². The van der Waals surface area contributed by atoms with E-state index in [1.165, 1.54) is 18.5 Å². The first-order valence-electron chi connectivity index (χ1n) is 10.3. The minimum atomic E-state index is -0.382. The zero-order chi connectivity index (χ0) is 20.1. The number of hydrogen-bond donors (Lipinski definition) is 1. The van der Waals surface area contributed by atoms with Gasteiger partial charge < -0.3 is 19.3 Å². The van der Waals surface area contributed by atoms with Crippen LogP contribution in [0, 0.1) is 5.92 Å². The van der Waals surface area contributed by atoms with E-state index in [2.05, 4.69) is 26.1 Å². The number of aryl methyl sites for hydroxylation is 1. The second-order valence-corrected chi connectivity index (χ2v) is 8.42. The lowest BCUT2D eigenvalue weighted by Gasteiger charge is -2.37. The summed E-state index contributed by atoms with van der Waals surface area (Å²) in [6.07, 6.45) is 6.31. The maximum absolute atomic E-state index is 13.3. The molecule has 0 bridgehead atoms. The fourth-order valence-corrected chi connectivity index (χ4v) is 4.59. The van der Waals surface area contributed by atoms with Crippen molar-refractivity contribution in [2.45, 2.75) is 31.2 Å². The summed E-state index contributed by atoms with van der Waals surface area (Å²) in [5.41, 5.74) is 1.23. The number of hydrogen-bond acceptors (Lipinski definition) is 5. The minimum absolute atomic E-state index is 0.000820. The third kappa shape index (κ3) is 3.18. The highest BCUT2D eigenvalue weighted by Gasteiger charge is 2.46. The predicted molar refractivity (Wildman–Crippen MR) is 106 cm³/mol. The first kappa shape index (κ1) is 18.2. The van der Waals surface area contributed by atoms with Gasteiger partial charge in [-0.2, -0.15) is 5.10 Å². The highest BCUT2D eigenvalue weighted by atomic mass is 16.2. The summed E-state index contributed by atoms with van der Waals surface area (Å²) in [6, 6.07) is 1.84. The van der Waals surface area contributed by atoms with Gasteiger partial charge >= 0.3 is 0 Å². The quantitative estimate of drug-likeness (QED) is 0.828. The standard InChI is InChI=1S/C20H27N7O2/c1-24-6-5-21-19(24)18-14(11-17(28)25(18)2)20(29)27-9-7-26(8-10-27)16-12-15(22-23-16)13-3-4-13/h5-6,12-14,18H,3-4,7-11H2,1-2H3,(H,22,23)/t14-,18-/m0/s1. The van der Waals surface area contributed by atoms with Crippen LogP contribution in [0.5, 0.6) is 0 Å². The number of imidazole rings is 1. The van der Waals surface area contributed by atoms with Crippen molar-refractivity contribution in [1.82, 2.24) is 29.5 Å². The number of piperazine rings is 1. The second kappa shape index (κ2) is 6.89. The molecular weight excluding hydrogens is 370 g/mol. The van der Waals surface area contributed by atoms with Crippen molar-refractivity contribution in [2.24, 2.45) is 13.0 Å². The number of anilines is 1. The van der Waals surface area contributed by atoms with Crippen LogP contribution in [0.25, 0.3) is 0 Å². The summed E-state index contributed by atoms with van der Waals surface area (Å²) in [5, 5.41) is 7.61. The number of nitrogens with one attached hydrogen (secondary N) is 1. The number of aromatic nitrogens is 4. The van der Waals surface area contributed by atoms with Crippen LogP contribution in [0.15, 0.2) is 18.5 Å². The van der Waals surface area contributed by atoms with Crippen LogP contribution < -0.4 is 4.90 Å². The Labute approximate surface area is 169 Å². The Hall–Kier alpha value is -2.84. The smallest absolute Gasteiger partial charge is 0.228 e. The first-order valence-corrected chi connectivity index (χ1v) is 10.3. The summed E-state index contributed by atoms with van der Waals surface area (Å²) in [5.74, 6) is 2.06. The number of carbonyl (C=O) groups is 2. The average molecular weight is 397 g/mol. The lowest BCUT2D eigenvalue weighted by atomic mass is 9.97. The molecule has 3 aliphatic rings. The molecule has 9 heteroatoms. The van der Waals surface area contributed by atoms with Gasteiger partial charge in [-0.3, -0.25) is 14.7 Å². The van der Waals surface area contributed by atoms with Crippen LogP contribution in [-0.4, -0.2) is 74.6 Å². The molecule has 0 aromatic carbocycles. The Kier molecular flexibility index (Phi) is 4.33. The molecule has 4 heterocycles. The topological polar surface area (TPSA) is 90.4 Å². The van der Waals surface area contributed by atoms with E-state index >= 15 is 0 Å². The van der Waals surface area contributed by atoms with Crippen LogP contribution in [0.1, 0.15) is 42.7 Å². The van der Waals surface area contributed by atoms with E-state index < -0.39 is 0 Å². The number of aromatic amines is 1. The minimum Gasteiger partial charge on any atom is -0.352 e. The van der Waals surface area contributed by atoms with Crippen molar-refractivity contribution in [3.05, 3.63) is 30.0 Å². The zero-order valence-corrected chi connectivity index (χ0v) is 16.9. The van der Waals surface area contributed by atoms with Crippen LogP contribution >= 0.6 is 0 Å².